The van der Waals surface area contributed by atoms with Crippen LogP contribution in [-0.4, -0.2) is 24.3 Å². The van der Waals surface area contributed by atoms with Crippen LogP contribution in [0.25, 0.3) is 0 Å². The molecule has 2 heterocycles. The van der Waals surface area contributed by atoms with Gasteiger partial charge in [0.05, 0.1) is 6.26 Å². The van der Waals surface area contributed by atoms with Gasteiger partial charge < -0.3 is 20.0 Å². The highest BCUT2D eigenvalue weighted by molar-refractivity contribution is 6.02. The second kappa shape index (κ2) is 8.24. The Balaban J connectivity index is 1.34. The zero-order valence-electron chi connectivity index (χ0n) is 16.5. The number of fused-ring (bicyclic) bond motifs is 1. The van der Waals surface area contributed by atoms with Crippen molar-refractivity contribution in [2.45, 2.75) is 19.9 Å². The zero-order valence-corrected chi connectivity index (χ0v) is 16.5. The lowest BCUT2D eigenvalue weighted by molar-refractivity contribution is -0.116. The number of carbonyl (C=O) groups is 3. The predicted molar refractivity (Wildman–Crippen MR) is 112 cm³/mol. The summed E-state index contributed by atoms with van der Waals surface area (Å²) in [6, 6.07) is 15.9. The van der Waals surface area contributed by atoms with Crippen LogP contribution in [0.4, 0.5) is 11.4 Å². The average molecular weight is 403 g/mol. The van der Waals surface area contributed by atoms with Crippen LogP contribution in [0.3, 0.4) is 0 Å². The fourth-order valence-corrected chi connectivity index (χ4v) is 3.46. The lowest BCUT2D eigenvalue weighted by atomic mass is 10.1. The zero-order chi connectivity index (χ0) is 21.1. The minimum absolute atomic E-state index is 0.00903. The van der Waals surface area contributed by atoms with Crippen LogP contribution in [0.1, 0.15) is 39.0 Å². The topological polar surface area (TPSA) is 91.7 Å². The molecule has 0 saturated carbocycles. The first-order valence-electron chi connectivity index (χ1n) is 9.64. The third kappa shape index (κ3) is 4.10. The van der Waals surface area contributed by atoms with Gasteiger partial charge in [0, 0.05) is 37.0 Å². The van der Waals surface area contributed by atoms with E-state index in [2.05, 4.69) is 10.6 Å². The molecule has 0 saturated heterocycles. The predicted octanol–water partition coefficient (Wildman–Crippen LogP) is 3.37. The van der Waals surface area contributed by atoms with Gasteiger partial charge >= 0.3 is 0 Å². The van der Waals surface area contributed by atoms with Gasteiger partial charge in [-0.3, -0.25) is 14.4 Å². The van der Waals surface area contributed by atoms with Crippen molar-refractivity contribution in [2.24, 2.45) is 0 Å². The van der Waals surface area contributed by atoms with Crippen molar-refractivity contribution in [2.75, 3.05) is 16.8 Å². The summed E-state index contributed by atoms with van der Waals surface area (Å²) in [6.45, 7) is 2.56. The molecule has 1 aliphatic rings. The van der Waals surface area contributed by atoms with E-state index in [9.17, 15) is 14.4 Å². The van der Waals surface area contributed by atoms with Crippen LogP contribution >= 0.6 is 0 Å². The maximum Gasteiger partial charge on any atom is 0.291 e. The number of hydrogen-bond donors (Lipinski definition) is 2. The second-order valence-corrected chi connectivity index (χ2v) is 7.08. The van der Waals surface area contributed by atoms with E-state index in [1.807, 2.05) is 24.3 Å². The minimum atomic E-state index is -0.319. The Hall–Kier alpha value is -3.87. The summed E-state index contributed by atoms with van der Waals surface area (Å²) in [5.41, 5.74) is 4.01. The fraction of sp³-hybridized carbons (Fsp3) is 0.174. The molecule has 3 aromatic rings. The monoisotopic (exact) mass is 403 g/mol. The number of furan rings is 1. The molecular weight excluding hydrogens is 382 g/mol. The van der Waals surface area contributed by atoms with E-state index in [0.29, 0.717) is 24.3 Å². The Labute approximate surface area is 173 Å². The SMILES string of the molecule is CC(=O)N1CCc2cc(C(=O)NCc3ccc(NC(=O)c4ccco4)cc3)ccc21. The number of nitrogens with one attached hydrogen (secondary N) is 2. The van der Waals surface area contributed by atoms with Crippen LogP contribution in [0, 0.1) is 0 Å². The first-order valence-corrected chi connectivity index (χ1v) is 9.64. The molecule has 2 N–H and O–H groups in total. The summed E-state index contributed by atoms with van der Waals surface area (Å²) < 4.78 is 5.06. The minimum Gasteiger partial charge on any atom is -0.459 e. The smallest absolute Gasteiger partial charge is 0.291 e. The molecule has 1 aromatic heterocycles. The molecule has 0 aliphatic carbocycles. The second-order valence-electron chi connectivity index (χ2n) is 7.08. The van der Waals surface area contributed by atoms with Crippen molar-refractivity contribution < 1.29 is 18.8 Å². The summed E-state index contributed by atoms with van der Waals surface area (Å²) in [5.74, 6) is -0.239. The fourth-order valence-electron chi connectivity index (χ4n) is 3.46. The number of nitrogens with zero attached hydrogens (tertiary/aromatic N) is 1. The van der Waals surface area contributed by atoms with Crippen molar-refractivity contribution in [1.29, 1.82) is 0 Å². The maximum absolute atomic E-state index is 12.5. The summed E-state index contributed by atoms with van der Waals surface area (Å²) in [4.78, 5) is 37.9. The first-order chi connectivity index (χ1) is 14.5. The largest absolute Gasteiger partial charge is 0.459 e. The number of anilines is 2. The van der Waals surface area contributed by atoms with E-state index in [1.165, 1.54) is 6.26 Å². The van der Waals surface area contributed by atoms with Crippen molar-refractivity contribution in [3.05, 3.63) is 83.3 Å². The molecule has 152 valence electrons. The lowest BCUT2D eigenvalue weighted by Gasteiger charge is -2.14. The van der Waals surface area contributed by atoms with E-state index in [1.54, 1.807) is 42.2 Å². The summed E-state index contributed by atoms with van der Waals surface area (Å²) in [7, 11) is 0. The Kier molecular flexibility index (Phi) is 5.34. The molecule has 0 spiro atoms. The third-order valence-electron chi connectivity index (χ3n) is 5.03. The number of carbonyl (C=O) groups excluding carboxylic acids is 3. The average Bonchev–Trinajstić information content (AvgIpc) is 3.42. The summed E-state index contributed by atoms with van der Waals surface area (Å²) in [6.07, 6.45) is 2.20. The molecule has 0 fully saturated rings. The van der Waals surface area contributed by atoms with E-state index in [4.69, 9.17) is 4.42 Å². The number of benzene rings is 2. The van der Waals surface area contributed by atoms with Gasteiger partial charge in [0.25, 0.3) is 11.8 Å². The third-order valence-corrected chi connectivity index (χ3v) is 5.03. The van der Waals surface area contributed by atoms with Crippen LogP contribution in [-0.2, 0) is 17.8 Å². The van der Waals surface area contributed by atoms with E-state index >= 15 is 0 Å². The highest BCUT2D eigenvalue weighted by atomic mass is 16.3. The van der Waals surface area contributed by atoms with Gasteiger partial charge in [0.15, 0.2) is 5.76 Å². The van der Waals surface area contributed by atoms with Gasteiger partial charge in [-0.2, -0.15) is 0 Å². The Morgan fingerprint density at radius 2 is 1.83 bits per heavy atom. The Morgan fingerprint density at radius 3 is 2.53 bits per heavy atom. The van der Waals surface area contributed by atoms with Crippen molar-refractivity contribution >= 4 is 29.1 Å². The normalized spacial score (nSPS) is 12.4. The number of hydrogen-bond acceptors (Lipinski definition) is 4. The van der Waals surface area contributed by atoms with E-state index in [0.717, 1.165) is 23.2 Å². The molecule has 7 heteroatoms. The summed E-state index contributed by atoms with van der Waals surface area (Å²) in [5, 5.41) is 5.65. The number of amides is 3. The van der Waals surface area contributed by atoms with E-state index < -0.39 is 0 Å². The van der Waals surface area contributed by atoms with E-state index in [-0.39, 0.29) is 23.5 Å². The van der Waals surface area contributed by atoms with Gasteiger partial charge in [0.2, 0.25) is 5.91 Å². The highest BCUT2D eigenvalue weighted by Crippen LogP contribution is 2.28. The van der Waals surface area contributed by atoms with Crippen LogP contribution in [0.15, 0.2) is 65.3 Å². The van der Waals surface area contributed by atoms with Crippen molar-refractivity contribution in [1.82, 2.24) is 5.32 Å². The van der Waals surface area contributed by atoms with Crippen molar-refractivity contribution in [3.8, 4) is 0 Å². The maximum atomic E-state index is 12.5. The van der Waals surface area contributed by atoms with Crippen LogP contribution in [0.2, 0.25) is 0 Å². The van der Waals surface area contributed by atoms with Crippen LogP contribution < -0.4 is 15.5 Å². The molecule has 3 amide bonds. The number of rotatable bonds is 5. The molecule has 30 heavy (non-hydrogen) atoms. The van der Waals surface area contributed by atoms with Gasteiger partial charge in [-0.1, -0.05) is 12.1 Å². The molecule has 0 bridgehead atoms. The van der Waals surface area contributed by atoms with Gasteiger partial charge in [-0.15, -0.1) is 0 Å². The molecular formula is C23H21N3O4. The highest BCUT2D eigenvalue weighted by Gasteiger charge is 2.23. The van der Waals surface area contributed by atoms with Gasteiger partial charge in [0.1, 0.15) is 0 Å². The first kappa shape index (κ1) is 19.4. The van der Waals surface area contributed by atoms with Gasteiger partial charge in [-0.25, -0.2) is 0 Å². The molecule has 1 aliphatic heterocycles. The van der Waals surface area contributed by atoms with Gasteiger partial charge in [-0.05, 0) is 60.0 Å². The summed E-state index contributed by atoms with van der Waals surface area (Å²) >= 11 is 0. The van der Waals surface area contributed by atoms with Crippen LogP contribution in [0.5, 0.6) is 0 Å². The molecule has 0 atom stereocenters. The Morgan fingerprint density at radius 1 is 1.03 bits per heavy atom. The molecule has 4 rings (SSSR count). The lowest BCUT2D eigenvalue weighted by Crippen LogP contribution is -2.26. The molecule has 7 nitrogen and oxygen atoms in total. The quantitative estimate of drug-likeness (QED) is 0.683. The van der Waals surface area contributed by atoms with Crippen molar-refractivity contribution in [3.63, 3.8) is 0 Å². The Bertz CT molecular complexity index is 1090. The standard InChI is InChI=1S/C23H21N3O4/c1-15(27)26-11-10-17-13-18(6-9-20(17)26)22(28)24-14-16-4-7-19(8-5-16)25-23(29)21-3-2-12-30-21/h2-9,12-13H,10-11,14H2,1H3,(H,24,28)(H,25,29). The molecule has 2 aromatic carbocycles. The molecule has 0 radical (unpaired) electrons. The molecule has 0 unspecified atom stereocenters.